The first-order chi connectivity index (χ1) is 14.7. The SMILES string of the molecule is CC(C)(C)OC(=O)N[C@@H](CNC(=O)OCC1c2ccccc2-c2ccccc21)C(=O)[O-]. The van der Waals surface area contributed by atoms with Crippen LogP contribution in [0.3, 0.4) is 0 Å². The molecule has 2 N–H and O–H groups in total. The number of ether oxygens (including phenoxy) is 2. The predicted octanol–water partition coefficient (Wildman–Crippen LogP) is 2.17. The van der Waals surface area contributed by atoms with Gasteiger partial charge in [0.15, 0.2) is 0 Å². The van der Waals surface area contributed by atoms with Gasteiger partial charge in [0.1, 0.15) is 12.2 Å². The summed E-state index contributed by atoms with van der Waals surface area (Å²) in [5.74, 6) is -1.67. The maximum Gasteiger partial charge on any atom is 0.408 e. The molecule has 1 aliphatic carbocycles. The Kier molecular flexibility index (Phi) is 6.48. The second-order valence-electron chi connectivity index (χ2n) is 8.22. The van der Waals surface area contributed by atoms with E-state index in [1.165, 1.54) is 0 Å². The van der Waals surface area contributed by atoms with Crippen molar-refractivity contribution in [1.82, 2.24) is 10.6 Å². The van der Waals surface area contributed by atoms with E-state index < -0.39 is 36.3 Å². The molecule has 8 heteroatoms. The standard InChI is InChI=1S/C23H26N2O6/c1-23(2,3)31-22(29)25-19(20(26)27)12-24-21(28)30-13-18-16-10-6-4-8-14(16)15-9-5-7-11-17(15)18/h4-11,18-19H,12-13H2,1-3H3,(H,24,28)(H,25,29)(H,26,27)/p-1/t19-/m0/s1. The van der Waals surface area contributed by atoms with E-state index in [0.717, 1.165) is 22.3 Å². The van der Waals surface area contributed by atoms with E-state index in [-0.39, 0.29) is 12.5 Å². The lowest BCUT2D eigenvalue weighted by molar-refractivity contribution is -0.308. The van der Waals surface area contributed by atoms with Gasteiger partial charge in [0, 0.05) is 12.5 Å². The van der Waals surface area contributed by atoms with Gasteiger partial charge in [-0.1, -0.05) is 48.5 Å². The first kappa shape index (κ1) is 22.1. The zero-order chi connectivity index (χ0) is 22.6. The van der Waals surface area contributed by atoms with Crippen LogP contribution in [0.1, 0.15) is 37.8 Å². The summed E-state index contributed by atoms with van der Waals surface area (Å²) in [4.78, 5) is 35.2. The molecule has 0 bridgehead atoms. The highest BCUT2D eigenvalue weighted by Gasteiger charge is 2.29. The van der Waals surface area contributed by atoms with E-state index in [4.69, 9.17) is 9.47 Å². The number of carbonyl (C=O) groups excluding carboxylic acids is 3. The van der Waals surface area contributed by atoms with Crippen LogP contribution in [0.25, 0.3) is 11.1 Å². The summed E-state index contributed by atoms with van der Waals surface area (Å²) in [5.41, 5.74) is 3.55. The third-order valence-electron chi connectivity index (χ3n) is 4.77. The Morgan fingerprint density at radius 2 is 1.52 bits per heavy atom. The zero-order valence-electron chi connectivity index (χ0n) is 17.6. The van der Waals surface area contributed by atoms with Crippen LogP contribution in [0.2, 0.25) is 0 Å². The minimum Gasteiger partial charge on any atom is -0.548 e. The number of hydrogen-bond donors (Lipinski definition) is 2. The molecule has 2 aromatic rings. The maximum absolute atomic E-state index is 12.2. The van der Waals surface area contributed by atoms with Crippen LogP contribution in [-0.4, -0.2) is 43.0 Å². The number of carbonyl (C=O) groups is 3. The van der Waals surface area contributed by atoms with Gasteiger partial charge in [-0.3, -0.25) is 0 Å². The Morgan fingerprint density at radius 3 is 2.03 bits per heavy atom. The van der Waals surface area contributed by atoms with Gasteiger partial charge < -0.3 is 30.0 Å². The molecule has 0 aliphatic heterocycles. The van der Waals surface area contributed by atoms with Gasteiger partial charge in [0.2, 0.25) is 0 Å². The fourth-order valence-corrected chi connectivity index (χ4v) is 3.48. The van der Waals surface area contributed by atoms with Crippen LogP contribution in [0.5, 0.6) is 0 Å². The molecular weight excluding hydrogens is 400 g/mol. The molecule has 0 radical (unpaired) electrons. The molecule has 1 aliphatic rings. The van der Waals surface area contributed by atoms with Gasteiger partial charge in [0.05, 0.1) is 12.0 Å². The molecule has 0 spiro atoms. The van der Waals surface area contributed by atoms with Crippen LogP contribution >= 0.6 is 0 Å². The highest BCUT2D eigenvalue weighted by molar-refractivity contribution is 5.80. The summed E-state index contributed by atoms with van der Waals surface area (Å²) >= 11 is 0. The van der Waals surface area contributed by atoms with Gasteiger partial charge >= 0.3 is 12.2 Å². The first-order valence-electron chi connectivity index (χ1n) is 9.95. The van der Waals surface area contributed by atoms with Crippen molar-refractivity contribution >= 4 is 18.2 Å². The largest absolute Gasteiger partial charge is 0.548 e. The molecule has 1 atom stereocenters. The van der Waals surface area contributed by atoms with Gasteiger partial charge in [-0.15, -0.1) is 0 Å². The molecule has 0 heterocycles. The second kappa shape index (κ2) is 9.07. The van der Waals surface area contributed by atoms with E-state index in [2.05, 4.69) is 10.6 Å². The summed E-state index contributed by atoms with van der Waals surface area (Å²) in [5, 5.41) is 15.8. The first-order valence-corrected chi connectivity index (χ1v) is 9.95. The van der Waals surface area contributed by atoms with E-state index in [0.29, 0.717) is 0 Å². The number of rotatable bonds is 6. The molecule has 2 amide bonds. The third kappa shape index (κ3) is 5.53. The van der Waals surface area contributed by atoms with Gasteiger partial charge in [-0.2, -0.15) is 0 Å². The summed E-state index contributed by atoms with van der Waals surface area (Å²) in [7, 11) is 0. The molecular formula is C23H25N2O6-. The van der Waals surface area contributed by atoms with Gasteiger partial charge in [-0.25, -0.2) is 9.59 Å². The summed E-state index contributed by atoms with van der Waals surface area (Å²) in [6.07, 6.45) is -1.71. The van der Waals surface area contributed by atoms with E-state index in [1.54, 1.807) is 20.8 Å². The summed E-state index contributed by atoms with van der Waals surface area (Å²) in [6, 6.07) is 14.4. The predicted molar refractivity (Wildman–Crippen MR) is 111 cm³/mol. The van der Waals surface area contributed by atoms with Gasteiger partial charge in [-0.05, 0) is 43.0 Å². The number of hydrogen-bond acceptors (Lipinski definition) is 6. The van der Waals surface area contributed by atoms with Crippen LogP contribution in [0.4, 0.5) is 9.59 Å². The lowest BCUT2D eigenvalue weighted by Crippen LogP contribution is -2.54. The third-order valence-corrected chi connectivity index (χ3v) is 4.77. The molecule has 164 valence electrons. The number of aliphatic carboxylic acids is 1. The molecule has 0 aromatic heterocycles. The van der Waals surface area contributed by atoms with Crippen molar-refractivity contribution in [1.29, 1.82) is 0 Å². The molecule has 2 aromatic carbocycles. The Bertz CT molecular complexity index is 937. The van der Waals surface area contributed by atoms with Gasteiger partial charge in [0.25, 0.3) is 0 Å². The monoisotopic (exact) mass is 425 g/mol. The highest BCUT2D eigenvalue weighted by Crippen LogP contribution is 2.44. The fourth-order valence-electron chi connectivity index (χ4n) is 3.48. The Balaban J connectivity index is 1.56. The summed E-state index contributed by atoms with van der Waals surface area (Å²) in [6.45, 7) is 4.63. The molecule has 31 heavy (non-hydrogen) atoms. The van der Waals surface area contributed by atoms with Crippen molar-refractivity contribution in [2.24, 2.45) is 0 Å². The number of carboxylic acids is 1. The smallest absolute Gasteiger partial charge is 0.408 e. The van der Waals surface area contributed by atoms with Crippen LogP contribution in [0.15, 0.2) is 48.5 Å². The lowest BCUT2D eigenvalue weighted by atomic mass is 9.98. The lowest BCUT2D eigenvalue weighted by Gasteiger charge is -2.24. The Hall–Kier alpha value is -3.55. The minimum atomic E-state index is -1.55. The highest BCUT2D eigenvalue weighted by atomic mass is 16.6. The van der Waals surface area contributed by atoms with Crippen molar-refractivity contribution < 1.29 is 29.0 Å². The number of fused-ring (bicyclic) bond motifs is 3. The summed E-state index contributed by atoms with van der Waals surface area (Å²) < 4.78 is 10.4. The topological polar surface area (TPSA) is 117 Å². The van der Waals surface area contributed by atoms with E-state index >= 15 is 0 Å². The maximum atomic E-state index is 12.2. The van der Waals surface area contributed by atoms with E-state index in [9.17, 15) is 19.5 Å². The second-order valence-corrected chi connectivity index (χ2v) is 8.22. The number of amides is 2. The van der Waals surface area contributed by atoms with Crippen LogP contribution in [0, 0.1) is 0 Å². The number of alkyl carbamates (subject to hydrolysis) is 2. The minimum absolute atomic E-state index is 0.0926. The number of nitrogens with one attached hydrogen (secondary N) is 2. The number of benzene rings is 2. The Morgan fingerprint density at radius 1 is 0.968 bits per heavy atom. The quantitative estimate of drug-likeness (QED) is 0.733. The van der Waals surface area contributed by atoms with Crippen molar-refractivity contribution in [3.8, 4) is 11.1 Å². The number of carboxylic acid groups (broad SMARTS) is 1. The van der Waals surface area contributed by atoms with E-state index in [1.807, 2.05) is 48.5 Å². The zero-order valence-corrected chi connectivity index (χ0v) is 17.6. The fraction of sp³-hybridized carbons (Fsp3) is 0.348. The molecule has 0 unspecified atom stereocenters. The average molecular weight is 425 g/mol. The Labute approximate surface area is 180 Å². The average Bonchev–Trinajstić information content (AvgIpc) is 3.02. The van der Waals surface area contributed by atoms with Crippen molar-refractivity contribution in [3.63, 3.8) is 0 Å². The van der Waals surface area contributed by atoms with Crippen LogP contribution in [-0.2, 0) is 14.3 Å². The normalized spacial score (nSPS) is 13.5. The van der Waals surface area contributed by atoms with Crippen molar-refractivity contribution in [2.45, 2.75) is 38.3 Å². The molecule has 8 nitrogen and oxygen atoms in total. The molecule has 0 fully saturated rings. The van der Waals surface area contributed by atoms with Crippen molar-refractivity contribution in [3.05, 3.63) is 59.7 Å². The van der Waals surface area contributed by atoms with Crippen LogP contribution < -0.4 is 15.7 Å². The van der Waals surface area contributed by atoms with Crippen molar-refractivity contribution in [2.75, 3.05) is 13.2 Å². The molecule has 0 saturated heterocycles. The molecule has 0 saturated carbocycles. The molecule has 3 rings (SSSR count).